The van der Waals surface area contributed by atoms with Gasteiger partial charge in [-0.25, -0.2) is 0 Å². The summed E-state index contributed by atoms with van der Waals surface area (Å²) in [5.74, 6) is 1.18. The van der Waals surface area contributed by atoms with Crippen LogP contribution in [0.2, 0.25) is 0 Å². The van der Waals surface area contributed by atoms with Crippen molar-refractivity contribution in [2.75, 3.05) is 31.6 Å². The number of carbonyl (C=O) groups is 2. The molecule has 1 fully saturated rings. The van der Waals surface area contributed by atoms with Crippen molar-refractivity contribution < 1.29 is 9.59 Å². The summed E-state index contributed by atoms with van der Waals surface area (Å²) in [5, 5.41) is 2.69. The molecule has 2 amide bonds. The zero-order chi connectivity index (χ0) is 12.7. The first-order valence-electron chi connectivity index (χ1n) is 5.87. The average Bonchev–Trinajstić information content (AvgIpc) is 2.61. The third kappa shape index (κ3) is 5.21. The molecule has 6 heteroatoms. The number of likely N-dealkylation sites (tertiary alicyclic amines) is 1. The molecule has 0 saturated carbocycles. The van der Waals surface area contributed by atoms with Crippen LogP contribution in [0.3, 0.4) is 0 Å². The van der Waals surface area contributed by atoms with E-state index in [4.69, 9.17) is 0 Å². The summed E-state index contributed by atoms with van der Waals surface area (Å²) in [6, 6.07) is 0. The van der Waals surface area contributed by atoms with Gasteiger partial charge in [-0.1, -0.05) is 0 Å². The number of nitrogens with one attached hydrogen (secondary N) is 1. The predicted octanol–water partition coefficient (Wildman–Crippen LogP) is 0.776. The van der Waals surface area contributed by atoms with E-state index in [2.05, 4.69) is 17.9 Å². The lowest BCUT2D eigenvalue weighted by Crippen LogP contribution is -2.36. The minimum absolute atomic E-state index is 0.0770. The first-order valence-corrected chi connectivity index (χ1v) is 7.78. The maximum Gasteiger partial charge on any atom is 0.235 e. The monoisotopic (exact) mass is 276 g/mol. The van der Waals surface area contributed by atoms with Crippen molar-refractivity contribution in [3.63, 3.8) is 0 Å². The minimum atomic E-state index is -0.146. The number of thioether (sulfide) groups is 1. The molecule has 0 radical (unpaired) electrons. The lowest BCUT2D eigenvalue weighted by molar-refractivity contribution is -0.128. The van der Waals surface area contributed by atoms with Crippen molar-refractivity contribution in [3.8, 4) is 0 Å². The maximum atomic E-state index is 11.5. The molecule has 1 aliphatic heterocycles. The van der Waals surface area contributed by atoms with Crippen LogP contribution in [0.4, 0.5) is 0 Å². The van der Waals surface area contributed by atoms with Crippen molar-refractivity contribution in [1.29, 1.82) is 0 Å². The second kappa shape index (κ2) is 7.87. The molecule has 1 saturated heterocycles. The van der Waals surface area contributed by atoms with Crippen molar-refractivity contribution in [3.05, 3.63) is 0 Å². The van der Waals surface area contributed by atoms with Gasteiger partial charge in [0.2, 0.25) is 11.8 Å². The molecule has 98 valence electrons. The van der Waals surface area contributed by atoms with Crippen LogP contribution in [-0.4, -0.2) is 53.6 Å². The van der Waals surface area contributed by atoms with Crippen LogP contribution in [0.15, 0.2) is 0 Å². The molecule has 0 bridgehead atoms. The third-order valence-corrected chi connectivity index (χ3v) is 3.90. The Hall–Kier alpha value is -0.360. The fraction of sp³-hybridized carbons (Fsp3) is 0.818. The van der Waals surface area contributed by atoms with Crippen molar-refractivity contribution >= 4 is 36.2 Å². The quantitative estimate of drug-likeness (QED) is 0.533. The highest BCUT2D eigenvalue weighted by Gasteiger charge is 2.27. The van der Waals surface area contributed by atoms with Crippen molar-refractivity contribution in [1.82, 2.24) is 10.2 Å². The Morgan fingerprint density at radius 3 is 3.00 bits per heavy atom. The van der Waals surface area contributed by atoms with Crippen LogP contribution in [0.1, 0.15) is 19.3 Å². The Labute approximate surface area is 112 Å². The van der Waals surface area contributed by atoms with Crippen LogP contribution in [0, 0.1) is 0 Å². The van der Waals surface area contributed by atoms with Gasteiger partial charge in [-0.3, -0.25) is 9.59 Å². The van der Waals surface area contributed by atoms with Crippen LogP contribution in [0.25, 0.3) is 0 Å². The number of amides is 2. The second-order valence-electron chi connectivity index (χ2n) is 4.08. The smallest absolute Gasteiger partial charge is 0.235 e. The molecule has 1 aliphatic rings. The van der Waals surface area contributed by atoms with Crippen LogP contribution >= 0.6 is 24.4 Å². The zero-order valence-electron chi connectivity index (χ0n) is 10.1. The number of rotatable bonds is 7. The summed E-state index contributed by atoms with van der Waals surface area (Å²) in [6.07, 6.45) is 4.33. The average molecular weight is 276 g/mol. The number of carbonyl (C=O) groups excluding carboxylic acids is 2. The number of nitrogens with zero attached hydrogens (tertiary/aromatic N) is 1. The van der Waals surface area contributed by atoms with Gasteiger partial charge >= 0.3 is 0 Å². The van der Waals surface area contributed by atoms with Gasteiger partial charge in [-0.2, -0.15) is 24.4 Å². The van der Waals surface area contributed by atoms with E-state index in [0.717, 1.165) is 25.1 Å². The highest BCUT2D eigenvalue weighted by molar-refractivity contribution is 7.98. The predicted molar refractivity (Wildman–Crippen MR) is 74.6 cm³/mol. The zero-order valence-corrected chi connectivity index (χ0v) is 11.9. The van der Waals surface area contributed by atoms with Gasteiger partial charge in [0.05, 0.1) is 5.25 Å². The van der Waals surface area contributed by atoms with Gasteiger partial charge in [-0.05, 0) is 24.9 Å². The van der Waals surface area contributed by atoms with Gasteiger partial charge in [0.25, 0.3) is 0 Å². The molecular formula is C11H20N2O2S2. The summed E-state index contributed by atoms with van der Waals surface area (Å²) in [7, 11) is 0. The number of hydrogen-bond acceptors (Lipinski definition) is 4. The third-order valence-electron chi connectivity index (χ3n) is 2.73. The Morgan fingerprint density at radius 1 is 1.65 bits per heavy atom. The Kier molecular flexibility index (Phi) is 6.80. The summed E-state index contributed by atoms with van der Waals surface area (Å²) in [6.45, 7) is 1.91. The molecule has 1 atom stereocenters. The first kappa shape index (κ1) is 14.7. The highest BCUT2D eigenvalue weighted by Crippen LogP contribution is 2.15. The Morgan fingerprint density at radius 2 is 2.41 bits per heavy atom. The SMILES string of the molecule is CSCCCC(=O)NCCN1CCC(S)C1=O. The normalized spacial score (nSPS) is 19.8. The molecule has 1 heterocycles. The molecule has 0 aromatic carbocycles. The molecular weight excluding hydrogens is 256 g/mol. The van der Waals surface area contributed by atoms with Crippen LogP contribution in [-0.2, 0) is 9.59 Å². The van der Waals surface area contributed by atoms with E-state index in [1.165, 1.54) is 0 Å². The van der Waals surface area contributed by atoms with Gasteiger partial charge in [0, 0.05) is 26.1 Å². The highest BCUT2D eigenvalue weighted by atomic mass is 32.2. The van der Waals surface area contributed by atoms with Gasteiger partial charge in [-0.15, -0.1) is 0 Å². The van der Waals surface area contributed by atoms with Crippen molar-refractivity contribution in [2.45, 2.75) is 24.5 Å². The van der Waals surface area contributed by atoms with E-state index < -0.39 is 0 Å². The molecule has 1 rings (SSSR count). The summed E-state index contributed by atoms with van der Waals surface area (Å²) in [5.41, 5.74) is 0. The molecule has 0 spiro atoms. The first-order chi connectivity index (χ1) is 8.15. The van der Waals surface area contributed by atoms with Crippen LogP contribution in [0.5, 0.6) is 0 Å². The molecule has 0 aromatic rings. The van der Waals surface area contributed by atoms with E-state index in [9.17, 15) is 9.59 Å². The van der Waals surface area contributed by atoms with Crippen molar-refractivity contribution in [2.24, 2.45) is 0 Å². The molecule has 1 unspecified atom stereocenters. The minimum Gasteiger partial charge on any atom is -0.354 e. The summed E-state index contributed by atoms with van der Waals surface area (Å²) < 4.78 is 0. The summed E-state index contributed by atoms with van der Waals surface area (Å²) in [4.78, 5) is 24.7. The maximum absolute atomic E-state index is 11.5. The molecule has 4 nitrogen and oxygen atoms in total. The lowest BCUT2D eigenvalue weighted by Gasteiger charge is -2.16. The summed E-state index contributed by atoms with van der Waals surface area (Å²) >= 11 is 5.93. The topological polar surface area (TPSA) is 49.4 Å². The van der Waals surface area contributed by atoms with E-state index >= 15 is 0 Å². The van der Waals surface area contributed by atoms with E-state index in [1.807, 2.05) is 6.26 Å². The largest absolute Gasteiger partial charge is 0.354 e. The number of hydrogen-bond donors (Lipinski definition) is 2. The Balaban J connectivity index is 2.07. The molecule has 0 aromatic heterocycles. The van der Waals surface area contributed by atoms with Gasteiger partial charge in [0.15, 0.2) is 0 Å². The molecule has 1 N–H and O–H groups in total. The number of thiol groups is 1. The lowest BCUT2D eigenvalue weighted by atomic mass is 10.3. The fourth-order valence-electron chi connectivity index (χ4n) is 1.74. The second-order valence-corrected chi connectivity index (χ2v) is 5.69. The molecule has 17 heavy (non-hydrogen) atoms. The standard InChI is InChI=1S/C11H20N2O2S2/c1-17-8-2-3-10(14)12-5-7-13-6-4-9(16)11(13)15/h9,16H,2-8H2,1H3,(H,12,14). The Bertz CT molecular complexity index is 274. The van der Waals surface area contributed by atoms with Gasteiger partial charge in [0.1, 0.15) is 0 Å². The van der Waals surface area contributed by atoms with Crippen LogP contribution < -0.4 is 5.32 Å². The van der Waals surface area contributed by atoms with E-state index in [0.29, 0.717) is 19.5 Å². The van der Waals surface area contributed by atoms with Gasteiger partial charge < -0.3 is 10.2 Å². The van der Waals surface area contributed by atoms with E-state index in [-0.39, 0.29) is 17.1 Å². The van der Waals surface area contributed by atoms with E-state index in [1.54, 1.807) is 16.7 Å². The fourth-order valence-corrected chi connectivity index (χ4v) is 2.45. The molecule has 0 aliphatic carbocycles.